The molecule has 1 fully saturated rings. The largest absolute Gasteiger partial charge is 0.465 e. The van der Waals surface area contributed by atoms with Crippen LogP contribution in [-0.2, 0) is 19.1 Å². The number of ether oxygens (including phenoxy) is 3. The molecule has 0 radical (unpaired) electrons. The van der Waals surface area contributed by atoms with Gasteiger partial charge >= 0.3 is 11.9 Å². The molecule has 1 heterocycles. The fourth-order valence-corrected chi connectivity index (χ4v) is 3.77. The molecule has 0 spiro atoms. The number of carbonyl (C=O) groups excluding carboxylic acids is 2. The molecule has 1 saturated heterocycles. The summed E-state index contributed by atoms with van der Waals surface area (Å²) in [6.45, 7) is 5.82. The molecule has 0 unspecified atom stereocenters. The molecule has 1 aromatic carbocycles. The number of esters is 2. The average Bonchev–Trinajstić information content (AvgIpc) is 2.57. The van der Waals surface area contributed by atoms with E-state index in [1.165, 1.54) is 19.4 Å². The van der Waals surface area contributed by atoms with Crippen molar-refractivity contribution in [2.24, 2.45) is 11.3 Å². The Morgan fingerprint density at radius 1 is 1.24 bits per heavy atom. The van der Waals surface area contributed by atoms with Gasteiger partial charge in [-0.15, -0.1) is 0 Å². The van der Waals surface area contributed by atoms with Crippen molar-refractivity contribution in [3.05, 3.63) is 41.5 Å². The smallest absolute Gasteiger partial charge is 0.308 e. The van der Waals surface area contributed by atoms with E-state index in [0.29, 0.717) is 19.0 Å². The van der Waals surface area contributed by atoms with E-state index in [-0.39, 0.29) is 29.4 Å². The number of hydrogen-bond acceptors (Lipinski definition) is 5. The third-order valence-electron chi connectivity index (χ3n) is 5.09. The normalized spacial score (nSPS) is 28.0. The van der Waals surface area contributed by atoms with Crippen LogP contribution in [0.4, 0.5) is 0 Å². The minimum atomic E-state index is -0.344. The molecule has 2 bridgehead atoms. The van der Waals surface area contributed by atoms with E-state index >= 15 is 0 Å². The summed E-state index contributed by atoms with van der Waals surface area (Å²) >= 11 is 0. The van der Waals surface area contributed by atoms with E-state index in [4.69, 9.17) is 14.2 Å². The van der Waals surface area contributed by atoms with Gasteiger partial charge in [0.05, 0.1) is 19.3 Å². The van der Waals surface area contributed by atoms with Crippen LogP contribution in [0, 0.1) is 11.3 Å². The van der Waals surface area contributed by atoms with E-state index in [1.54, 1.807) is 6.07 Å². The molecule has 1 aliphatic heterocycles. The minimum absolute atomic E-state index is 0.164. The van der Waals surface area contributed by atoms with Crippen molar-refractivity contribution in [3.63, 3.8) is 0 Å². The van der Waals surface area contributed by atoms with Crippen LogP contribution >= 0.6 is 0 Å². The fraction of sp³-hybridized carbons (Fsp3) is 0.500. The zero-order chi connectivity index (χ0) is 18.0. The second-order valence-corrected chi connectivity index (χ2v) is 7.11. The second kappa shape index (κ2) is 7.00. The van der Waals surface area contributed by atoms with E-state index < -0.39 is 0 Å². The Bertz CT molecular complexity index is 708. The molecule has 134 valence electrons. The number of para-hydroxylation sites is 1. The monoisotopic (exact) mass is 344 g/mol. The van der Waals surface area contributed by atoms with Crippen molar-refractivity contribution in [2.45, 2.75) is 39.7 Å². The Kier molecular flexibility index (Phi) is 4.95. The molecule has 3 atom stereocenters. The molecule has 0 saturated carbocycles. The Labute approximate surface area is 148 Å². The maximum Gasteiger partial charge on any atom is 0.308 e. The van der Waals surface area contributed by atoms with E-state index in [1.807, 2.05) is 18.2 Å². The lowest BCUT2D eigenvalue weighted by Gasteiger charge is -2.47. The van der Waals surface area contributed by atoms with Gasteiger partial charge in [0, 0.05) is 30.7 Å². The van der Waals surface area contributed by atoms with Crippen molar-refractivity contribution in [1.29, 1.82) is 0 Å². The van der Waals surface area contributed by atoms with Crippen molar-refractivity contribution < 1.29 is 23.8 Å². The third-order valence-corrected chi connectivity index (χ3v) is 5.09. The molecule has 2 aliphatic rings. The SMILES string of the molecule is CC(=O)OC[C@@]12CC=C(C)[C@H](C1)[C@@H](c1ccccc1OC(C)=O)OC2. The standard InChI is InChI=1S/C20H24O5/c1-13-8-9-20(11-23-14(2)21)10-17(13)19(24-12-20)16-6-4-5-7-18(16)25-15(3)22/h4-8,17,19H,9-12H2,1-3H3/t17-,19+,20+/m0/s1. The Morgan fingerprint density at radius 3 is 2.72 bits per heavy atom. The van der Waals surface area contributed by atoms with Crippen LogP contribution in [-0.4, -0.2) is 25.2 Å². The van der Waals surface area contributed by atoms with Crippen LogP contribution in [0.5, 0.6) is 5.75 Å². The summed E-state index contributed by atoms with van der Waals surface area (Å²) in [5, 5.41) is 0. The highest BCUT2D eigenvalue weighted by molar-refractivity contribution is 5.70. The summed E-state index contributed by atoms with van der Waals surface area (Å²) in [7, 11) is 0. The van der Waals surface area contributed by atoms with Crippen LogP contribution in [0.25, 0.3) is 0 Å². The number of hydrogen-bond donors (Lipinski definition) is 0. The summed E-state index contributed by atoms with van der Waals surface area (Å²) in [6, 6.07) is 7.51. The van der Waals surface area contributed by atoms with Crippen LogP contribution in [0.1, 0.15) is 45.3 Å². The van der Waals surface area contributed by atoms with Gasteiger partial charge in [-0.05, 0) is 25.8 Å². The van der Waals surface area contributed by atoms with Crippen molar-refractivity contribution in [1.82, 2.24) is 0 Å². The summed E-state index contributed by atoms with van der Waals surface area (Å²) < 4.78 is 16.9. The number of allylic oxidation sites excluding steroid dienone is 1. The molecule has 0 aromatic heterocycles. The number of fused-ring (bicyclic) bond motifs is 2. The van der Waals surface area contributed by atoms with Crippen molar-refractivity contribution in [3.8, 4) is 5.75 Å². The first-order chi connectivity index (χ1) is 11.9. The molecule has 0 amide bonds. The zero-order valence-electron chi connectivity index (χ0n) is 14.9. The predicted octanol–water partition coefficient (Wildman–Crippen LogP) is 3.59. The maximum absolute atomic E-state index is 11.4. The highest BCUT2D eigenvalue weighted by atomic mass is 16.5. The molecular formula is C20H24O5. The van der Waals surface area contributed by atoms with Crippen LogP contribution in [0.2, 0.25) is 0 Å². The number of benzene rings is 1. The Hall–Kier alpha value is -2.14. The Morgan fingerprint density at radius 2 is 2.00 bits per heavy atom. The number of carbonyl (C=O) groups is 2. The second-order valence-electron chi connectivity index (χ2n) is 7.11. The lowest BCUT2D eigenvalue weighted by atomic mass is 9.66. The lowest BCUT2D eigenvalue weighted by Crippen LogP contribution is -2.44. The Balaban J connectivity index is 1.87. The molecule has 5 nitrogen and oxygen atoms in total. The van der Waals surface area contributed by atoms with Gasteiger partial charge in [0.25, 0.3) is 0 Å². The lowest BCUT2D eigenvalue weighted by molar-refractivity contribution is -0.156. The summed E-state index contributed by atoms with van der Waals surface area (Å²) in [6.07, 6.45) is 3.79. The van der Waals surface area contributed by atoms with Crippen LogP contribution in [0.15, 0.2) is 35.9 Å². The van der Waals surface area contributed by atoms with Gasteiger partial charge in [-0.1, -0.05) is 29.8 Å². The highest BCUT2D eigenvalue weighted by Gasteiger charge is 2.46. The molecule has 25 heavy (non-hydrogen) atoms. The first-order valence-electron chi connectivity index (χ1n) is 8.59. The van der Waals surface area contributed by atoms with Crippen molar-refractivity contribution in [2.75, 3.05) is 13.2 Å². The van der Waals surface area contributed by atoms with Gasteiger partial charge in [-0.3, -0.25) is 9.59 Å². The maximum atomic E-state index is 11.4. The van der Waals surface area contributed by atoms with Gasteiger partial charge in [-0.2, -0.15) is 0 Å². The van der Waals surface area contributed by atoms with Crippen LogP contribution in [0.3, 0.4) is 0 Å². The summed E-state index contributed by atoms with van der Waals surface area (Å²) in [4.78, 5) is 22.6. The van der Waals surface area contributed by atoms with Gasteiger partial charge < -0.3 is 14.2 Å². The first-order valence-corrected chi connectivity index (χ1v) is 8.59. The minimum Gasteiger partial charge on any atom is -0.465 e. The predicted molar refractivity (Wildman–Crippen MR) is 92.0 cm³/mol. The zero-order valence-corrected chi connectivity index (χ0v) is 14.9. The molecule has 1 aliphatic carbocycles. The highest BCUT2D eigenvalue weighted by Crippen LogP contribution is 2.51. The topological polar surface area (TPSA) is 61.8 Å². The molecule has 3 rings (SSSR count). The molecular weight excluding hydrogens is 320 g/mol. The van der Waals surface area contributed by atoms with Crippen molar-refractivity contribution >= 4 is 11.9 Å². The van der Waals surface area contributed by atoms with Gasteiger partial charge in [-0.25, -0.2) is 0 Å². The molecule has 5 heteroatoms. The average molecular weight is 344 g/mol. The summed E-state index contributed by atoms with van der Waals surface area (Å²) in [5.74, 6) is 0.114. The van der Waals surface area contributed by atoms with Crippen LogP contribution < -0.4 is 4.74 Å². The van der Waals surface area contributed by atoms with E-state index in [2.05, 4.69) is 13.0 Å². The summed E-state index contributed by atoms with van der Waals surface area (Å²) in [5.41, 5.74) is 1.99. The van der Waals surface area contributed by atoms with Gasteiger partial charge in [0.15, 0.2) is 0 Å². The van der Waals surface area contributed by atoms with Gasteiger partial charge in [0.2, 0.25) is 0 Å². The molecule has 1 aromatic rings. The molecule has 0 N–H and O–H groups in total. The fourth-order valence-electron chi connectivity index (χ4n) is 3.77. The number of rotatable bonds is 4. The van der Waals surface area contributed by atoms with E-state index in [9.17, 15) is 9.59 Å². The first kappa shape index (κ1) is 17.7. The quantitative estimate of drug-likeness (QED) is 0.474. The van der Waals surface area contributed by atoms with Gasteiger partial charge in [0.1, 0.15) is 5.75 Å². The van der Waals surface area contributed by atoms with E-state index in [0.717, 1.165) is 18.4 Å². The third kappa shape index (κ3) is 3.76.